The molecule has 1 unspecified atom stereocenters. The lowest BCUT2D eigenvalue weighted by atomic mass is 10.1. The molecule has 29 heavy (non-hydrogen) atoms. The Morgan fingerprint density at radius 3 is 2.76 bits per heavy atom. The van der Waals surface area contributed by atoms with Gasteiger partial charge in [-0.3, -0.25) is 9.80 Å². The summed E-state index contributed by atoms with van der Waals surface area (Å²) >= 11 is 6.11. The summed E-state index contributed by atoms with van der Waals surface area (Å²) in [6, 6.07) is 7.07. The van der Waals surface area contributed by atoms with E-state index in [0.717, 1.165) is 18.7 Å². The van der Waals surface area contributed by atoms with Crippen molar-refractivity contribution in [3.63, 3.8) is 0 Å². The molecule has 0 aliphatic carbocycles. The Kier molecular flexibility index (Phi) is 6.59. The van der Waals surface area contributed by atoms with Crippen LogP contribution < -0.4 is 10.1 Å². The monoisotopic (exact) mass is 420 g/mol. The summed E-state index contributed by atoms with van der Waals surface area (Å²) in [5.41, 5.74) is 1.46. The van der Waals surface area contributed by atoms with E-state index in [2.05, 4.69) is 30.6 Å². The first kappa shape index (κ1) is 21.3. The average molecular weight is 421 g/mol. The molecule has 0 saturated carbocycles. The third-order valence-corrected chi connectivity index (χ3v) is 5.27. The predicted molar refractivity (Wildman–Crippen MR) is 113 cm³/mol. The number of rotatable bonds is 8. The van der Waals surface area contributed by atoms with Crippen molar-refractivity contribution in [2.24, 2.45) is 5.92 Å². The fourth-order valence-electron chi connectivity index (χ4n) is 3.44. The van der Waals surface area contributed by atoms with Crippen LogP contribution in [0.25, 0.3) is 0 Å². The molecule has 3 rings (SSSR count). The highest BCUT2D eigenvalue weighted by Gasteiger charge is 2.43. The Labute approximate surface area is 177 Å². The van der Waals surface area contributed by atoms with Crippen LogP contribution in [0.2, 0.25) is 5.02 Å². The van der Waals surface area contributed by atoms with Crippen LogP contribution >= 0.6 is 11.6 Å². The van der Waals surface area contributed by atoms with Crippen LogP contribution in [0.4, 0.5) is 4.79 Å². The van der Waals surface area contributed by atoms with Crippen LogP contribution in [0.5, 0.6) is 5.75 Å². The highest BCUT2D eigenvalue weighted by molar-refractivity contribution is 6.30. The molecule has 1 aromatic rings. The zero-order valence-electron chi connectivity index (χ0n) is 17.2. The minimum Gasteiger partial charge on any atom is -0.452 e. The zero-order chi connectivity index (χ0) is 21.1. The van der Waals surface area contributed by atoms with Gasteiger partial charge in [0.2, 0.25) is 0 Å². The second kappa shape index (κ2) is 8.97. The summed E-state index contributed by atoms with van der Waals surface area (Å²) < 4.78 is 6.19. The zero-order valence-corrected chi connectivity index (χ0v) is 17.9. The fourth-order valence-corrected chi connectivity index (χ4v) is 3.62. The molecule has 0 aromatic heterocycles. The maximum Gasteiger partial charge on any atom is 0.329 e. The normalized spacial score (nSPS) is 19.2. The number of nitrogens with one attached hydrogen (secondary N) is 1. The number of nitrogens with zero attached hydrogens (tertiary/aromatic N) is 3. The van der Waals surface area contributed by atoms with Crippen molar-refractivity contribution in [1.82, 2.24) is 20.0 Å². The molecule has 158 valence electrons. The lowest BCUT2D eigenvalue weighted by Gasteiger charge is -2.37. The topological polar surface area (TPSA) is 68.3 Å². The van der Waals surface area contributed by atoms with Crippen molar-refractivity contribution >= 4 is 17.6 Å². The van der Waals surface area contributed by atoms with Crippen molar-refractivity contribution in [3.8, 4) is 5.75 Å². The number of aliphatic hydroxyl groups is 1. The molecular weight excluding hydrogens is 392 g/mol. The second-order valence-corrected chi connectivity index (χ2v) is 8.10. The van der Waals surface area contributed by atoms with Gasteiger partial charge in [-0.25, -0.2) is 4.79 Å². The molecule has 7 nitrogen and oxygen atoms in total. The third kappa shape index (κ3) is 4.46. The molecule has 2 heterocycles. The summed E-state index contributed by atoms with van der Waals surface area (Å²) in [5.74, 6) is 1.82. The van der Waals surface area contributed by atoms with Gasteiger partial charge in [-0.15, -0.1) is 0 Å². The van der Waals surface area contributed by atoms with Crippen LogP contribution in [0.15, 0.2) is 48.1 Å². The molecule has 2 aliphatic heterocycles. The summed E-state index contributed by atoms with van der Waals surface area (Å²) in [6.45, 7) is 9.70. The number of hydrogen-bond donors (Lipinski definition) is 2. The minimum absolute atomic E-state index is 0.0164. The first-order valence-corrected chi connectivity index (χ1v) is 10.3. The van der Waals surface area contributed by atoms with Crippen molar-refractivity contribution in [1.29, 1.82) is 0 Å². The molecule has 0 saturated heterocycles. The molecule has 1 aromatic carbocycles. The van der Waals surface area contributed by atoms with Gasteiger partial charge in [-0.2, -0.15) is 0 Å². The van der Waals surface area contributed by atoms with Gasteiger partial charge >= 0.3 is 6.03 Å². The number of benzene rings is 1. The maximum atomic E-state index is 12.8. The van der Waals surface area contributed by atoms with E-state index in [1.54, 1.807) is 29.0 Å². The highest BCUT2D eigenvalue weighted by atomic mass is 35.5. The van der Waals surface area contributed by atoms with E-state index in [4.69, 9.17) is 16.3 Å². The molecule has 0 spiro atoms. The van der Waals surface area contributed by atoms with E-state index < -0.39 is 6.35 Å². The van der Waals surface area contributed by atoms with Crippen molar-refractivity contribution in [2.45, 2.75) is 33.0 Å². The van der Waals surface area contributed by atoms with E-state index in [-0.39, 0.29) is 12.6 Å². The quantitative estimate of drug-likeness (QED) is 0.674. The number of ether oxygens (including phenoxy) is 1. The maximum absolute atomic E-state index is 12.8. The summed E-state index contributed by atoms with van der Waals surface area (Å²) in [7, 11) is 1.73. The molecular formula is C21H29ClN4O3. The fraction of sp³-hybridized carbons (Fsp3) is 0.476. The molecule has 2 N–H and O–H groups in total. The SMILES string of the molecule is C=C1C2=C(NC(Oc3cccc(Cl)c3)N2CCC(C)C)N(C)C(=O)N1CCCO. The first-order chi connectivity index (χ1) is 13.8. The largest absolute Gasteiger partial charge is 0.452 e. The summed E-state index contributed by atoms with van der Waals surface area (Å²) in [5, 5.41) is 13.1. The van der Waals surface area contributed by atoms with Crippen LogP contribution in [0.1, 0.15) is 26.7 Å². The molecule has 0 radical (unpaired) electrons. The molecule has 1 atom stereocenters. The van der Waals surface area contributed by atoms with Crippen molar-refractivity contribution in [2.75, 3.05) is 26.7 Å². The van der Waals surface area contributed by atoms with Crippen LogP contribution in [0.3, 0.4) is 0 Å². The molecule has 0 bridgehead atoms. The average Bonchev–Trinajstić information content (AvgIpc) is 3.03. The van der Waals surface area contributed by atoms with Crippen molar-refractivity contribution < 1.29 is 14.6 Å². The minimum atomic E-state index is -0.484. The van der Waals surface area contributed by atoms with Crippen LogP contribution in [0, 0.1) is 5.92 Å². The van der Waals surface area contributed by atoms with E-state index in [1.807, 2.05) is 12.1 Å². The Bertz CT molecular complexity index is 811. The van der Waals surface area contributed by atoms with Gasteiger partial charge in [0.1, 0.15) is 17.3 Å². The molecule has 0 fully saturated rings. The number of halogens is 1. The highest BCUT2D eigenvalue weighted by Crippen LogP contribution is 2.35. The molecule has 2 aliphatic rings. The van der Waals surface area contributed by atoms with Crippen LogP contribution in [-0.2, 0) is 0 Å². The van der Waals surface area contributed by atoms with Crippen molar-refractivity contribution in [3.05, 3.63) is 53.1 Å². The van der Waals surface area contributed by atoms with E-state index in [9.17, 15) is 9.90 Å². The Balaban J connectivity index is 1.90. The van der Waals surface area contributed by atoms with E-state index in [0.29, 0.717) is 41.2 Å². The summed E-state index contributed by atoms with van der Waals surface area (Å²) in [6.07, 6.45) is 0.959. The van der Waals surface area contributed by atoms with Gasteiger partial charge in [0, 0.05) is 31.8 Å². The predicted octanol–water partition coefficient (Wildman–Crippen LogP) is 3.39. The number of carbonyl (C=O) groups excluding carboxylic acids is 1. The van der Waals surface area contributed by atoms with Gasteiger partial charge in [0.05, 0.1) is 5.70 Å². The lowest BCUT2D eigenvalue weighted by Crippen LogP contribution is -2.47. The first-order valence-electron chi connectivity index (χ1n) is 9.88. The van der Waals surface area contributed by atoms with Gasteiger partial charge < -0.3 is 20.1 Å². The van der Waals surface area contributed by atoms with E-state index >= 15 is 0 Å². The van der Waals surface area contributed by atoms with E-state index in [1.165, 1.54) is 0 Å². The molecule has 8 heteroatoms. The van der Waals surface area contributed by atoms with Crippen LogP contribution in [-0.4, -0.2) is 58.9 Å². The molecule has 2 amide bonds. The number of hydrogen-bond acceptors (Lipinski definition) is 5. The second-order valence-electron chi connectivity index (χ2n) is 7.66. The lowest BCUT2D eigenvalue weighted by molar-refractivity contribution is 0.0473. The standard InChI is InChI=1S/C21H29ClN4O3/c1-14(2)9-11-26-18-15(3)25(10-6-12-27)21(28)24(4)19(18)23-20(26)29-17-8-5-7-16(22)13-17/h5,7-8,13-14,20,23,27H,3,6,9-12H2,1-2,4H3. The smallest absolute Gasteiger partial charge is 0.329 e. The Morgan fingerprint density at radius 2 is 2.10 bits per heavy atom. The Morgan fingerprint density at radius 1 is 1.34 bits per heavy atom. The third-order valence-electron chi connectivity index (χ3n) is 5.04. The number of amides is 2. The number of carbonyl (C=O) groups is 1. The van der Waals surface area contributed by atoms with Gasteiger partial charge in [-0.1, -0.05) is 38.1 Å². The number of aliphatic hydroxyl groups excluding tert-OH is 1. The van der Waals surface area contributed by atoms with Gasteiger partial charge in [0.15, 0.2) is 0 Å². The summed E-state index contributed by atoms with van der Waals surface area (Å²) in [4.78, 5) is 18.1. The Hall–Kier alpha value is -2.38. The van der Waals surface area contributed by atoms with Gasteiger partial charge in [-0.05, 0) is 37.0 Å². The number of urea groups is 1. The van der Waals surface area contributed by atoms with Gasteiger partial charge in [0.25, 0.3) is 6.35 Å².